The average molecular weight is 302 g/mol. The Hall–Kier alpha value is -1.63. The lowest BCUT2D eigenvalue weighted by atomic mass is 10.2. The zero-order valence-corrected chi connectivity index (χ0v) is 10.8. The average Bonchev–Trinajstić information content (AvgIpc) is 2.21. The van der Waals surface area contributed by atoms with E-state index >= 15 is 0 Å². The summed E-state index contributed by atoms with van der Waals surface area (Å²) in [5.74, 6) is -0.396. The first kappa shape index (κ1) is 13.4. The van der Waals surface area contributed by atoms with Crippen molar-refractivity contribution in [2.24, 2.45) is 5.73 Å². The third-order valence-corrected chi connectivity index (χ3v) is 2.83. The van der Waals surface area contributed by atoms with Crippen molar-refractivity contribution in [3.8, 4) is 0 Å². The van der Waals surface area contributed by atoms with Crippen molar-refractivity contribution >= 4 is 33.2 Å². The molecule has 7 heteroatoms. The molecule has 92 valence electrons. The number of rotatable bonds is 5. The summed E-state index contributed by atoms with van der Waals surface area (Å²) in [6, 6.07) is 3.09. The third kappa shape index (κ3) is 3.70. The van der Waals surface area contributed by atoms with E-state index in [2.05, 4.69) is 21.2 Å². The smallest absolute Gasteiger partial charge is 0.273 e. The van der Waals surface area contributed by atoms with E-state index in [4.69, 9.17) is 5.73 Å². The van der Waals surface area contributed by atoms with Gasteiger partial charge in [-0.25, -0.2) is 0 Å². The molecule has 0 aliphatic heterocycles. The molecule has 0 aliphatic rings. The molecule has 0 aliphatic carbocycles. The molecule has 0 atom stereocenters. The highest BCUT2D eigenvalue weighted by Crippen LogP contribution is 2.30. The van der Waals surface area contributed by atoms with E-state index in [1.807, 2.05) is 0 Å². The monoisotopic (exact) mass is 301 g/mol. The molecule has 0 bridgehead atoms. The van der Waals surface area contributed by atoms with Gasteiger partial charge in [-0.3, -0.25) is 14.9 Å². The summed E-state index contributed by atoms with van der Waals surface area (Å²) in [6.07, 6.45) is 0.211. The highest BCUT2D eigenvalue weighted by Gasteiger charge is 2.13. The van der Waals surface area contributed by atoms with Crippen molar-refractivity contribution in [1.82, 2.24) is 0 Å². The number of carbonyl (C=O) groups excluding carboxylic acids is 1. The number of halogens is 1. The minimum absolute atomic E-state index is 0.0531. The number of nitro benzene ring substituents is 1. The van der Waals surface area contributed by atoms with Crippen LogP contribution in [0.2, 0.25) is 0 Å². The first-order valence-corrected chi connectivity index (χ1v) is 5.68. The standard InChI is InChI=1S/C10H12BrN3O3/c1-6-4-8(13-3-2-10(12)15)7(11)5-9(6)14(16)17/h4-5,13H,2-3H2,1H3,(H2,12,15). The summed E-state index contributed by atoms with van der Waals surface area (Å²) in [6.45, 7) is 2.05. The maximum absolute atomic E-state index is 10.7. The van der Waals surface area contributed by atoms with Crippen LogP contribution in [0.4, 0.5) is 11.4 Å². The Morgan fingerprint density at radius 1 is 1.59 bits per heavy atom. The molecule has 0 spiro atoms. The molecule has 17 heavy (non-hydrogen) atoms. The SMILES string of the molecule is Cc1cc(NCCC(N)=O)c(Br)cc1[N+](=O)[O-]. The van der Waals surface area contributed by atoms with Gasteiger partial charge < -0.3 is 11.1 Å². The van der Waals surface area contributed by atoms with Crippen molar-refractivity contribution in [3.05, 3.63) is 32.3 Å². The maximum Gasteiger partial charge on any atom is 0.273 e. The fourth-order valence-electron chi connectivity index (χ4n) is 1.32. The molecular formula is C10H12BrN3O3. The van der Waals surface area contributed by atoms with Gasteiger partial charge in [0.05, 0.1) is 4.92 Å². The van der Waals surface area contributed by atoms with Crippen LogP contribution in [0.15, 0.2) is 16.6 Å². The van der Waals surface area contributed by atoms with Gasteiger partial charge in [0.2, 0.25) is 5.91 Å². The number of carbonyl (C=O) groups is 1. The fourth-order valence-corrected chi connectivity index (χ4v) is 1.80. The lowest BCUT2D eigenvalue weighted by molar-refractivity contribution is -0.385. The topological polar surface area (TPSA) is 98.3 Å². The van der Waals surface area contributed by atoms with Crippen LogP contribution in [0.25, 0.3) is 0 Å². The molecule has 1 aromatic rings. The summed E-state index contributed by atoms with van der Waals surface area (Å²) in [4.78, 5) is 20.8. The molecule has 6 nitrogen and oxygen atoms in total. The van der Waals surface area contributed by atoms with Gasteiger partial charge in [0.25, 0.3) is 5.69 Å². The van der Waals surface area contributed by atoms with Gasteiger partial charge in [-0.1, -0.05) is 0 Å². The molecule has 0 unspecified atom stereocenters. The molecule has 1 rings (SSSR count). The Kier molecular flexibility index (Phi) is 4.45. The molecule has 0 heterocycles. The van der Waals surface area contributed by atoms with E-state index in [9.17, 15) is 14.9 Å². The third-order valence-electron chi connectivity index (χ3n) is 2.17. The number of anilines is 1. The van der Waals surface area contributed by atoms with E-state index in [-0.39, 0.29) is 12.1 Å². The largest absolute Gasteiger partial charge is 0.384 e. The number of primary amides is 1. The number of nitrogens with one attached hydrogen (secondary N) is 1. The number of benzene rings is 1. The number of aryl methyl sites for hydroxylation is 1. The number of nitrogens with two attached hydrogens (primary N) is 1. The Balaban J connectivity index is 2.84. The molecule has 1 aromatic carbocycles. The van der Waals surface area contributed by atoms with Crippen LogP contribution in [0.1, 0.15) is 12.0 Å². The molecule has 0 aromatic heterocycles. The van der Waals surface area contributed by atoms with Gasteiger partial charge in [-0.2, -0.15) is 0 Å². The van der Waals surface area contributed by atoms with Crippen molar-refractivity contribution in [1.29, 1.82) is 0 Å². The number of amides is 1. The van der Waals surface area contributed by atoms with Crippen LogP contribution in [0.3, 0.4) is 0 Å². The zero-order valence-electron chi connectivity index (χ0n) is 9.20. The Bertz CT molecular complexity index is 462. The molecule has 0 fully saturated rings. The predicted molar refractivity (Wildman–Crippen MR) is 67.8 cm³/mol. The summed E-state index contributed by atoms with van der Waals surface area (Å²) in [5, 5.41) is 13.7. The number of hydrogen-bond acceptors (Lipinski definition) is 4. The second-order valence-electron chi connectivity index (χ2n) is 3.52. The lowest BCUT2D eigenvalue weighted by Gasteiger charge is -2.08. The first-order valence-electron chi connectivity index (χ1n) is 4.88. The van der Waals surface area contributed by atoms with Crippen LogP contribution in [-0.4, -0.2) is 17.4 Å². The van der Waals surface area contributed by atoms with Gasteiger partial charge in [0.1, 0.15) is 0 Å². The van der Waals surface area contributed by atoms with Gasteiger partial charge >= 0.3 is 0 Å². The summed E-state index contributed by atoms with van der Waals surface area (Å²) in [5.41, 5.74) is 6.32. The summed E-state index contributed by atoms with van der Waals surface area (Å²) < 4.78 is 0.583. The van der Waals surface area contributed by atoms with Crippen molar-refractivity contribution < 1.29 is 9.72 Å². The molecule has 0 saturated carbocycles. The van der Waals surface area contributed by atoms with Gasteiger partial charge in [0.15, 0.2) is 0 Å². The van der Waals surface area contributed by atoms with E-state index in [0.29, 0.717) is 22.3 Å². The first-order chi connectivity index (χ1) is 7.91. The normalized spacial score (nSPS) is 10.0. The van der Waals surface area contributed by atoms with Crippen molar-refractivity contribution in [2.75, 3.05) is 11.9 Å². The van der Waals surface area contributed by atoms with Crippen molar-refractivity contribution in [3.63, 3.8) is 0 Å². The van der Waals surface area contributed by atoms with Crippen LogP contribution in [-0.2, 0) is 4.79 Å². The Labute approximate surface area is 106 Å². The zero-order chi connectivity index (χ0) is 13.0. The number of nitrogens with zero attached hydrogens (tertiary/aromatic N) is 1. The van der Waals surface area contributed by atoms with E-state index in [0.717, 1.165) is 0 Å². The molecule has 0 saturated heterocycles. The quantitative estimate of drug-likeness (QED) is 0.641. The Morgan fingerprint density at radius 2 is 2.24 bits per heavy atom. The van der Waals surface area contributed by atoms with E-state index in [1.165, 1.54) is 6.07 Å². The van der Waals surface area contributed by atoms with E-state index < -0.39 is 10.8 Å². The van der Waals surface area contributed by atoms with Gasteiger partial charge in [-0.05, 0) is 28.9 Å². The molecule has 1 amide bonds. The lowest BCUT2D eigenvalue weighted by Crippen LogP contribution is -2.16. The second kappa shape index (κ2) is 5.62. The highest BCUT2D eigenvalue weighted by molar-refractivity contribution is 9.10. The predicted octanol–water partition coefficient (Wildman–Crippen LogP) is 1.95. The second-order valence-corrected chi connectivity index (χ2v) is 4.37. The fraction of sp³-hybridized carbons (Fsp3) is 0.300. The molecule has 0 radical (unpaired) electrons. The molecular weight excluding hydrogens is 290 g/mol. The van der Waals surface area contributed by atoms with Gasteiger partial charge in [-0.15, -0.1) is 0 Å². The Morgan fingerprint density at radius 3 is 2.76 bits per heavy atom. The highest BCUT2D eigenvalue weighted by atomic mass is 79.9. The summed E-state index contributed by atoms with van der Waals surface area (Å²) in [7, 11) is 0. The minimum atomic E-state index is -0.437. The van der Waals surface area contributed by atoms with Crippen LogP contribution < -0.4 is 11.1 Å². The maximum atomic E-state index is 10.7. The van der Waals surface area contributed by atoms with Gasteiger partial charge in [0, 0.05) is 34.8 Å². The van der Waals surface area contributed by atoms with Crippen LogP contribution in [0.5, 0.6) is 0 Å². The summed E-state index contributed by atoms with van der Waals surface area (Å²) >= 11 is 3.23. The van der Waals surface area contributed by atoms with Crippen molar-refractivity contribution in [2.45, 2.75) is 13.3 Å². The number of hydrogen-bond donors (Lipinski definition) is 2. The molecule has 3 N–H and O–H groups in total. The minimum Gasteiger partial charge on any atom is -0.384 e. The van der Waals surface area contributed by atoms with Crippen LogP contribution >= 0.6 is 15.9 Å². The van der Waals surface area contributed by atoms with E-state index in [1.54, 1.807) is 13.0 Å². The number of nitro groups is 1. The van der Waals surface area contributed by atoms with Crippen LogP contribution in [0, 0.1) is 17.0 Å².